The fourth-order valence-electron chi connectivity index (χ4n) is 4.22. The van der Waals surface area contributed by atoms with Crippen molar-refractivity contribution in [2.75, 3.05) is 6.54 Å². The van der Waals surface area contributed by atoms with Gasteiger partial charge in [0.15, 0.2) is 0 Å². The Labute approximate surface area is 203 Å². The topological polar surface area (TPSA) is 108 Å². The minimum Gasteiger partial charge on any atom is -0.372 e. The van der Waals surface area contributed by atoms with Crippen LogP contribution in [0.15, 0.2) is 48.6 Å². The number of alkyl halides is 5. The Hall–Kier alpha value is -3.28. The second kappa shape index (κ2) is 10.00. The van der Waals surface area contributed by atoms with Gasteiger partial charge in [-0.25, -0.2) is 0 Å². The molecule has 12 heteroatoms. The quantitative estimate of drug-likeness (QED) is 0.331. The van der Waals surface area contributed by atoms with Crippen LogP contribution in [0.25, 0.3) is 0 Å². The van der Waals surface area contributed by atoms with Crippen LogP contribution < -0.4 is 16.0 Å². The summed E-state index contributed by atoms with van der Waals surface area (Å²) in [5, 5.41) is 17.4. The number of aliphatic hydroxyl groups is 1. The molecule has 0 fully saturated rings. The number of carbonyl (C=O) groups is 3. The Bertz CT molecular complexity index is 1090. The number of benzene rings is 1. The second-order valence-electron chi connectivity index (χ2n) is 9.21. The molecule has 3 unspecified atom stereocenters. The Kier molecular flexibility index (Phi) is 7.58. The first-order chi connectivity index (χ1) is 16.7. The van der Waals surface area contributed by atoms with Gasteiger partial charge in [0.25, 0.3) is 11.8 Å². The molecule has 1 aliphatic heterocycles. The summed E-state index contributed by atoms with van der Waals surface area (Å²) in [6.45, 7) is 0.845. The van der Waals surface area contributed by atoms with Crippen LogP contribution in [0.3, 0.4) is 0 Å². The van der Waals surface area contributed by atoms with Crippen LogP contribution in [0.1, 0.15) is 43.4 Å². The van der Waals surface area contributed by atoms with Gasteiger partial charge in [0.05, 0.1) is 12.6 Å². The largest absolute Gasteiger partial charge is 0.455 e. The van der Waals surface area contributed by atoms with Crippen molar-refractivity contribution in [3.8, 4) is 0 Å². The molecule has 4 N–H and O–H groups in total. The van der Waals surface area contributed by atoms with Crippen LogP contribution in [-0.4, -0.2) is 53.1 Å². The van der Waals surface area contributed by atoms with E-state index in [1.807, 2.05) is 6.08 Å². The van der Waals surface area contributed by atoms with E-state index in [0.29, 0.717) is 11.1 Å². The first-order valence-corrected chi connectivity index (χ1v) is 11.2. The van der Waals surface area contributed by atoms with Crippen LogP contribution in [0.2, 0.25) is 0 Å². The zero-order valence-corrected chi connectivity index (χ0v) is 19.4. The van der Waals surface area contributed by atoms with Gasteiger partial charge in [0.2, 0.25) is 11.5 Å². The number of carbonyl (C=O) groups excluding carboxylic acids is 3. The Balaban J connectivity index is 1.90. The lowest BCUT2D eigenvalue weighted by molar-refractivity contribution is -0.279. The van der Waals surface area contributed by atoms with Crippen LogP contribution in [0.4, 0.5) is 22.0 Å². The molecule has 196 valence electrons. The van der Waals surface area contributed by atoms with Gasteiger partial charge in [0, 0.05) is 5.92 Å². The Morgan fingerprint density at radius 1 is 1.03 bits per heavy atom. The highest BCUT2D eigenvalue weighted by atomic mass is 19.4. The molecule has 0 bridgehead atoms. The molecule has 1 aromatic rings. The first-order valence-electron chi connectivity index (χ1n) is 11.2. The highest BCUT2D eigenvalue weighted by molar-refractivity contribution is 6.09. The third-order valence-corrected chi connectivity index (χ3v) is 5.99. The van der Waals surface area contributed by atoms with Crippen molar-refractivity contribution in [1.82, 2.24) is 16.0 Å². The molecule has 0 spiro atoms. The highest BCUT2D eigenvalue weighted by Gasteiger charge is 2.58. The van der Waals surface area contributed by atoms with Crippen molar-refractivity contribution < 1.29 is 41.4 Å². The molecular formula is C24H26F5N3O4. The predicted molar refractivity (Wildman–Crippen MR) is 119 cm³/mol. The number of allylic oxidation sites excluding steroid dienone is 2. The highest BCUT2D eigenvalue weighted by Crippen LogP contribution is 2.36. The summed E-state index contributed by atoms with van der Waals surface area (Å²) in [6.07, 6.45) is 0.608. The molecule has 1 aromatic carbocycles. The van der Waals surface area contributed by atoms with E-state index in [1.165, 1.54) is 19.2 Å². The smallest absolute Gasteiger partial charge is 0.372 e. The van der Waals surface area contributed by atoms with E-state index in [1.54, 1.807) is 42.5 Å². The zero-order valence-electron chi connectivity index (χ0n) is 19.4. The van der Waals surface area contributed by atoms with Crippen LogP contribution in [0.5, 0.6) is 0 Å². The number of halogens is 5. The molecule has 1 aliphatic carbocycles. The van der Waals surface area contributed by atoms with E-state index in [0.717, 1.165) is 0 Å². The monoisotopic (exact) mass is 515 g/mol. The molecular weight excluding hydrogens is 489 g/mol. The van der Waals surface area contributed by atoms with Gasteiger partial charge in [-0.1, -0.05) is 62.4 Å². The van der Waals surface area contributed by atoms with Crippen LogP contribution in [-0.2, 0) is 14.4 Å². The third-order valence-electron chi connectivity index (χ3n) is 5.99. The van der Waals surface area contributed by atoms with E-state index in [2.05, 4.69) is 10.6 Å². The molecule has 36 heavy (non-hydrogen) atoms. The zero-order chi connectivity index (χ0) is 26.9. The summed E-state index contributed by atoms with van der Waals surface area (Å²) in [5.41, 5.74) is -1.95. The molecule has 0 radical (unpaired) electrons. The molecule has 0 aromatic heterocycles. The number of nitrogens with one attached hydrogen (secondary N) is 3. The van der Waals surface area contributed by atoms with Crippen molar-refractivity contribution in [3.63, 3.8) is 0 Å². The first kappa shape index (κ1) is 27.3. The number of amides is 3. The number of hydrogen-bond donors (Lipinski definition) is 4. The van der Waals surface area contributed by atoms with E-state index < -0.39 is 66.4 Å². The van der Waals surface area contributed by atoms with Crippen molar-refractivity contribution in [2.45, 2.75) is 56.0 Å². The molecule has 7 nitrogen and oxygen atoms in total. The van der Waals surface area contributed by atoms with E-state index in [-0.39, 0.29) is 5.92 Å². The molecule has 1 heterocycles. The summed E-state index contributed by atoms with van der Waals surface area (Å²) in [4.78, 5) is 38.9. The minimum absolute atomic E-state index is 0.264. The van der Waals surface area contributed by atoms with Gasteiger partial charge < -0.3 is 21.1 Å². The van der Waals surface area contributed by atoms with Crippen molar-refractivity contribution >= 4 is 17.7 Å². The average Bonchev–Trinajstić information content (AvgIpc) is 2.90. The Morgan fingerprint density at radius 3 is 2.25 bits per heavy atom. The lowest BCUT2D eigenvalue weighted by Crippen LogP contribution is -2.61. The van der Waals surface area contributed by atoms with E-state index in [4.69, 9.17) is 0 Å². The third kappa shape index (κ3) is 5.43. The maximum atomic E-state index is 13.3. The minimum atomic E-state index is -5.94. The second-order valence-corrected chi connectivity index (χ2v) is 9.21. The standard InChI is InChI=1S/C24H26F5N3O4/c1-13(2)11-22(36,20(34)30-12-23(25,26)24(27,28)29)21(35)32-18-16-9-4-3-7-14(16)15-8-5-6-10-17(15)31-19(18)33/h3-10,13,15,17-18,36H,11-12H2,1-2H3,(H,30,34)(H,31,33)(H,32,35)/t15?,17?,18-,22?/m0/s1. The lowest BCUT2D eigenvalue weighted by atomic mass is 9.85. The van der Waals surface area contributed by atoms with Gasteiger partial charge in [-0.05, 0) is 23.5 Å². The molecule has 3 amide bonds. The molecule has 4 atom stereocenters. The van der Waals surface area contributed by atoms with Gasteiger partial charge in [0.1, 0.15) is 6.04 Å². The fourth-order valence-corrected chi connectivity index (χ4v) is 4.22. The maximum Gasteiger partial charge on any atom is 0.455 e. The molecule has 0 saturated heterocycles. The van der Waals surface area contributed by atoms with Crippen LogP contribution in [0, 0.1) is 5.92 Å². The van der Waals surface area contributed by atoms with Crippen molar-refractivity contribution in [3.05, 3.63) is 59.7 Å². The van der Waals surface area contributed by atoms with Gasteiger partial charge in [-0.15, -0.1) is 0 Å². The van der Waals surface area contributed by atoms with Gasteiger partial charge in [-0.3, -0.25) is 14.4 Å². The molecule has 3 rings (SSSR count). The van der Waals surface area contributed by atoms with Crippen molar-refractivity contribution in [2.24, 2.45) is 5.92 Å². The van der Waals surface area contributed by atoms with Crippen molar-refractivity contribution in [1.29, 1.82) is 0 Å². The summed E-state index contributed by atoms with van der Waals surface area (Å²) in [7, 11) is 0. The van der Waals surface area contributed by atoms with E-state index >= 15 is 0 Å². The summed E-state index contributed by atoms with van der Waals surface area (Å²) >= 11 is 0. The summed E-state index contributed by atoms with van der Waals surface area (Å²) in [6, 6.07) is 4.89. The predicted octanol–water partition coefficient (Wildman–Crippen LogP) is 2.64. The average molecular weight is 515 g/mol. The molecule has 2 aliphatic rings. The van der Waals surface area contributed by atoms with Gasteiger partial charge in [-0.2, -0.15) is 22.0 Å². The SMILES string of the molecule is CC(C)CC(O)(C(=O)NCC(F)(F)C(F)(F)F)C(=O)N[C@@H]1C(=O)NC2C=CC=CC2c2ccccc21. The maximum absolute atomic E-state index is 13.3. The normalized spacial score (nSPS) is 23.1. The lowest BCUT2D eigenvalue weighted by Gasteiger charge is -2.30. The number of hydrogen-bond acceptors (Lipinski definition) is 4. The molecule has 0 saturated carbocycles. The summed E-state index contributed by atoms with van der Waals surface area (Å²) in [5.74, 6) is -9.90. The fraction of sp³-hybridized carbons (Fsp3) is 0.458. The summed E-state index contributed by atoms with van der Waals surface area (Å²) < 4.78 is 64.2. The number of rotatable bonds is 7. The number of fused-ring (bicyclic) bond motifs is 3. The van der Waals surface area contributed by atoms with Gasteiger partial charge >= 0.3 is 12.1 Å². The van der Waals surface area contributed by atoms with Crippen LogP contribution >= 0.6 is 0 Å². The Morgan fingerprint density at radius 2 is 1.64 bits per heavy atom. The van der Waals surface area contributed by atoms with E-state index in [9.17, 15) is 41.4 Å².